The molecule has 2 atom stereocenters. The van der Waals surface area contributed by atoms with Crippen molar-refractivity contribution >= 4 is 0 Å². The van der Waals surface area contributed by atoms with E-state index in [9.17, 15) is 0 Å². The molecule has 1 aromatic carbocycles. The Balaban J connectivity index is 1.19. The Morgan fingerprint density at radius 3 is 2.68 bits per heavy atom. The van der Waals surface area contributed by atoms with Crippen LogP contribution in [-0.4, -0.2) is 44.8 Å². The summed E-state index contributed by atoms with van der Waals surface area (Å²) in [5.41, 5.74) is 0.920. The molecule has 1 saturated carbocycles. The van der Waals surface area contributed by atoms with Gasteiger partial charge in [-0.05, 0) is 78.1 Å². The monoisotopic (exact) mass is 338 g/mol. The smallest absolute Gasteiger partial charge is 0.179 e. The number of nitriles is 1. The summed E-state index contributed by atoms with van der Waals surface area (Å²) in [4.78, 5) is 1.88. The lowest BCUT2D eigenvalue weighted by Crippen LogP contribution is -2.30. The zero-order valence-corrected chi connectivity index (χ0v) is 14.2. The molecule has 130 valence electrons. The number of tetrazole rings is 1. The van der Waals surface area contributed by atoms with Crippen molar-refractivity contribution in [3.63, 3.8) is 0 Å². The van der Waals surface area contributed by atoms with Gasteiger partial charge < -0.3 is 9.64 Å². The Morgan fingerprint density at radius 1 is 1.20 bits per heavy atom. The van der Waals surface area contributed by atoms with E-state index in [1.807, 2.05) is 29.2 Å². The minimum Gasteiger partial charge on any atom is -0.494 e. The predicted molar refractivity (Wildman–Crippen MR) is 90.8 cm³/mol. The average Bonchev–Trinajstić information content (AvgIpc) is 3.22. The zero-order chi connectivity index (χ0) is 17.1. The van der Waals surface area contributed by atoms with Crippen LogP contribution in [0.15, 0.2) is 30.6 Å². The Kier molecular flexibility index (Phi) is 4.51. The second-order valence-corrected chi connectivity index (χ2v) is 6.97. The van der Waals surface area contributed by atoms with E-state index < -0.39 is 0 Å². The van der Waals surface area contributed by atoms with Gasteiger partial charge in [-0.15, -0.1) is 5.10 Å². The number of benzene rings is 1. The molecule has 2 fully saturated rings. The topological polar surface area (TPSA) is 79.9 Å². The van der Waals surface area contributed by atoms with Gasteiger partial charge in [0.2, 0.25) is 0 Å². The molecule has 0 spiro atoms. The molecular formula is C18H22N6O. The van der Waals surface area contributed by atoms with Crippen molar-refractivity contribution < 1.29 is 4.74 Å². The van der Waals surface area contributed by atoms with Gasteiger partial charge in [-0.25, -0.2) is 4.68 Å². The third-order valence-electron chi connectivity index (χ3n) is 5.47. The number of ether oxygens (including phenoxy) is 1. The molecule has 25 heavy (non-hydrogen) atoms. The molecule has 0 radical (unpaired) electrons. The lowest BCUT2D eigenvalue weighted by Gasteiger charge is -2.28. The number of likely N-dealkylation sites (tertiary alicyclic amines) is 1. The van der Waals surface area contributed by atoms with Gasteiger partial charge >= 0.3 is 0 Å². The first-order chi connectivity index (χ1) is 12.3. The largest absolute Gasteiger partial charge is 0.494 e. The molecule has 0 bridgehead atoms. The van der Waals surface area contributed by atoms with Crippen molar-refractivity contribution in [2.24, 2.45) is 17.8 Å². The molecule has 7 nitrogen and oxygen atoms in total. The quantitative estimate of drug-likeness (QED) is 0.752. The molecule has 2 aliphatic rings. The molecule has 1 saturated heterocycles. The summed E-state index contributed by atoms with van der Waals surface area (Å²) in [7, 11) is 0. The van der Waals surface area contributed by atoms with Crippen LogP contribution in [0.25, 0.3) is 5.69 Å². The van der Waals surface area contributed by atoms with Crippen LogP contribution in [0, 0.1) is 29.2 Å². The summed E-state index contributed by atoms with van der Waals surface area (Å²) in [6, 6.07) is 7.82. The van der Waals surface area contributed by atoms with Crippen LogP contribution >= 0.6 is 0 Å². The number of aromatic nitrogens is 4. The zero-order valence-electron chi connectivity index (χ0n) is 14.2. The van der Waals surface area contributed by atoms with Crippen LogP contribution in [0.4, 0.5) is 0 Å². The van der Waals surface area contributed by atoms with Crippen LogP contribution in [0.2, 0.25) is 0 Å². The van der Waals surface area contributed by atoms with Crippen molar-refractivity contribution in [2.75, 3.05) is 19.7 Å². The Bertz CT molecular complexity index is 715. The van der Waals surface area contributed by atoms with Gasteiger partial charge in [0.15, 0.2) is 6.19 Å². The first-order valence-corrected chi connectivity index (χ1v) is 8.94. The van der Waals surface area contributed by atoms with E-state index in [0.29, 0.717) is 0 Å². The highest BCUT2D eigenvalue weighted by Gasteiger charge is 2.43. The van der Waals surface area contributed by atoms with Gasteiger partial charge in [0.05, 0.1) is 12.3 Å². The molecule has 2 aromatic rings. The van der Waals surface area contributed by atoms with E-state index in [-0.39, 0.29) is 0 Å². The van der Waals surface area contributed by atoms with E-state index >= 15 is 0 Å². The van der Waals surface area contributed by atoms with E-state index in [1.54, 1.807) is 11.0 Å². The summed E-state index contributed by atoms with van der Waals surface area (Å²) >= 11 is 0. The molecule has 1 aromatic heterocycles. The van der Waals surface area contributed by atoms with Crippen molar-refractivity contribution in [3.8, 4) is 17.6 Å². The molecule has 4 rings (SSSR count). The van der Waals surface area contributed by atoms with Crippen LogP contribution in [0.3, 0.4) is 0 Å². The van der Waals surface area contributed by atoms with E-state index in [1.165, 1.54) is 19.3 Å². The van der Waals surface area contributed by atoms with E-state index in [2.05, 4.69) is 21.7 Å². The minimum absolute atomic E-state index is 0.766. The highest BCUT2D eigenvalue weighted by molar-refractivity contribution is 5.36. The van der Waals surface area contributed by atoms with Gasteiger partial charge in [0.1, 0.15) is 12.1 Å². The summed E-state index contributed by atoms with van der Waals surface area (Å²) in [6.45, 7) is 2.64. The molecule has 0 N–H and O–H groups in total. The maximum absolute atomic E-state index is 8.93. The molecule has 1 aliphatic carbocycles. The molecule has 0 unspecified atom stereocenters. The Morgan fingerprint density at radius 2 is 2.00 bits per heavy atom. The SMILES string of the molecule is N#CN1CCC([C@H]2C[C@H]2CCOc2ccc(-n3cnnn3)cc2)CC1. The third-order valence-corrected chi connectivity index (χ3v) is 5.47. The number of nitrogens with zero attached hydrogens (tertiary/aromatic N) is 6. The van der Waals surface area contributed by atoms with E-state index in [4.69, 9.17) is 10.00 Å². The molecule has 1 aliphatic heterocycles. The second-order valence-electron chi connectivity index (χ2n) is 6.97. The minimum atomic E-state index is 0.766. The highest BCUT2D eigenvalue weighted by Crippen LogP contribution is 2.49. The number of piperidine rings is 1. The standard InChI is InChI=1S/C18H22N6O/c19-12-23-8-5-14(6-9-23)18-11-15(18)7-10-25-17-3-1-16(2-4-17)24-13-20-21-22-24/h1-4,13-15,18H,5-11H2/t15-,18-/m1/s1. The first-order valence-electron chi connectivity index (χ1n) is 8.94. The van der Waals surface area contributed by atoms with Crippen molar-refractivity contribution in [1.29, 1.82) is 5.26 Å². The second kappa shape index (κ2) is 7.09. The fourth-order valence-electron chi connectivity index (χ4n) is 3.91. The molecular weight excluding hydrogens is 316 g/mol. The van der Waals surface area contributed by atoms with Gasteiger partial charge in [0, 0.05) is 13.1 Å². The average molecular weight is 338 g/mol. The normalized spacial score (nSPS) is 23.2. The van der Waals surface area contributed by atoms with Crippen molar-refractivity contribution in [2.45, 2.75) is 25.7 Å². The maximum Gasteiger partial charge on any atom is 0.179 e. The number of hydrogen-bond donors (Lipinski definition) is 0. The van der Waals surface area contributed by atoms with Gasteiger partial charge in [-0.3, -0.25) is 0 Å². The lowest BCUT2D eigenvalue weighted by molar-refractivity contribution is 0.221. The Labute approximate surface area is 147 Å². The highest BCUT2D eigenvalue weighted by atomic mass is 16.5. The molecule has 0 amide bonds. The Hall–Kier alpha value is -2.62. The summed E-state index contributed by atoms with van der Waals surface area (Å²) < 4.78 is 7.51. The summed E-state index contributed by atoms with van der Waals surface area (Å²) in [5.74, 6) is 3.35. The maximum atomic E-state index is 8.93. The molecule has 2 heterocycles. The number of hydrogen-bond acceptors (Lipinski definition) is 6. The van der Waals surface area contributed by atoms with Crippen molar-refractivity contribution in [1.82, 2.24) is 25.1 Å². The van der Waals surface area contributed by atoms with Crippen LogP contribution in [0.1, 0.15) is 25.7 Å². The summed E-state index contributed by atoms with van der Waals surface area (Å²) in [6.07, 6.45) is 8.64. The first kappa shape index (κ1) is 15.9. The van der Waals surface area contributed by atoms with Gasteiger partial charge in [-0.2, -0.15) is 5.26 Å². The number of rotatable bonds is 6. The molecule has 7 heteroatoms. The van der Waals surface area contributed by atoms with Crippen LogP contribution in [-0.2, 0) is 0 Å². The van der Waals surface area contributed by atoms with Gasteiger partial charge in [0.25, 0.3) is 0 Å². The third kappa shape index (κ3) is 3.73. The van der Waals surface area contributed by atoms with Crippen molar-refractivity contribution in [3.05, 3.63) is 30.6 Å². The fraction of sp³-hybridized carbons (Fsp3) is 0.556. The predicted octanol–water partition coefficient (Wildman–Crippen LogP) is 2.26. The lowest BCUT2D eigenvalue weighted by atomic mass is 9.91. The summed E-state index contributed by atoms with van der Waals surface area (Å²) in [5, 5.41) is 20.1. The van der Waals surface area contributed by atoms with Crippen LogP contribution in [0.5, 0.6) is 5.75 Å². The van der Waals surface area contributed by atoms with E-state index in [0.717, 1.165) is 55.3 Å². The van der Waals surface area contributed by atoms with Gasteiger partial charge in [-0.1, -0.05) is 0 Å². The van der Waals surface area contributed by atoms with Crippen LogP contribution < -0.4 is 4.74 Å². The fourth-order valence-corrected chi connectivity index (χ4v) is 3.91.